The Morgan fingerprint density at radius 2 is 1.88 bits per heavy atom. The van der Waals surface area contributed by atoms with Gasteiger partial charge < -0.3 is 9.64 Å². The molecule has 0 bridgehead atoms. The van der Waals surface area contributed by atoms with Gasteiger partial charge in [-0.2, -0.15) is 0 Å². The molecule has 1 aromatic rings. The molecule has 0 aliphatic carbocycles. The van der Waals surface area contributed by atoms with Crippen LogP contribution in [-0.2, 0) is 14.8 Å². The van der Waals surface area contributed by atoms with E-state index in [4.69, 9.17) is 0 Å². The number of halogens is 3. The molecule has 1 saturated heterocycles. The summed E-state index contributed by atoms with van der Waals surface area (Å²) in [5.74, 6) is -0.732. The van der Waals surface area contributed by atoms with E-state index in [1.165, 1.54) is 12.1 Å². The second-order valence-corrected chi connectivity index (χ2v) is 7.67. The first kappa shape index (κ1) is 20.5. The van der Waals surface area contributed by atoms with Gasteiger partial charge in [0.05, 0.1) is 0 Å². The number of carbonyl (C=O) groups excluding carboxylic acids is 1. The molecule has 1 aliphatic rings. The van der Waals surface area contributed by atoms with E-state index in [1.54, 1.807) is 4.90 Å². The molecule has 0 unspecified atom stereocenters. The van der Waals surface area contributed by atoms with E-state index in [0.29, 0.717) is 25.9 Å². The molecular weight excluding hydrogens is 373 g/mol. The number of benzene rings is 1. The Kier molecular flexibility index (Phi) is 6.87. The first-order valence-corrected chi connectivity index (χ1v) is 9.79. The van der Waals surface area contributed by atoms with Crippen LogP contribution in [0.15, 0.2) is 29.2 Å². The minimum absolute atomic E-state index is 0.00641. The molecule has 0 radical (unpaired) electrons. The van der Waals surface area contributed by atoms with E-state index < -0.39 is 27.0 Å². The highest BCUT2D eigenvalue weighted by Gasteiger charge is 2.33. The summed E-state index contributed by atoms with van der Waals surface area (Å²) in [6.45, 7) is 1.06. The van der Waals surface area contributed by atoms with Gasteiger partial charge in [0.1, 0.15) is 10.6 Å². The highest BCUT2D eigenvalue weighted by molar-refractivity contribution is 7.89. The molecule has 1 N–H and O–H groups in total. The summed E-state index contributed by atoms with van der Waals surface area (Å²) in [5.41, 5.74) is 0. The van der Waals surface area contributed by atoms with E-state index in [1.807, 2.05) is 0 Å². The lowest BCUT2D eigenvalue weighted by atomic mass is 10.2. The molecule has 6 nitrogen and oxygen atoms in total. The van der Waals surface area contributed by atoms with Crippen LogP contribution in [0.1, 0.15) is 32.1 Å². The summed E-state index contributed by atoms with van der Waals surface area (Å²) in [5, 5.41) is 0. The maximum atomic E-state index is 12.4. The Balaban J connectivity index is 1.94. The van der Waals surface area contributed by atoms with Crippen molar-refractivity contribution in [3.8, 4) is 5.75 Å². The molecule has 26 heavy (non-hydrogen) atoms. The summed E-state index contributed by atoms with van der Waals surface area (Å²) in [6.07, 6.45) is -1.36. The third-order valence-electron chi connectivity index (χ3n) is 3.93. The van der Waals surface area contributed by atoms with Gasteiger partial charge in [0.25, 0.3) is 0 Å². The number of nitrogens with zero attached hydrogens (tertiary/aromatic N) is 1. The maximum absolute atomic E-state index is 12.4. The van der Waals surface area contributed by atoms with E-state index >= 15 is 0 Å². The summed E-state index contributed by atoms with van der Waals surface area (Å²) < 4.78 is 67.8. The number of hydrogen-bond donors (Lipinski definition) is 1. The number of likely N-dealkylation sites (tertiary alicyclic amines) is 1. The Bertz CT molecular complexity index is 722. The third-order valence-corrected chi connectivity index (χ3v) is 5.43. The lowest BCUT2D eigenvalue weighted by Crippen LogP contribution is -2.34. The summed E-state index contributed by atoms with van der Waals surface area (Å²) >= 11 is 0. The molecule has 1 aliphatic heterocycles. The van der Waals surface area contributed by atoms with E-state index in [2.05, 4.69) is 9.46 Å². The van der Waals surface area contributed by atoms with Crippen LogP contribution in [-0.4, -0.2) is 45.2 Å². The molecule has 1 fully saturated rings. The molecule has 1 amide bonds. The largest absolute Gasteiger partial charge is 0.573 e. The van der Waals surface area contributed by atoms with E-state index in [-0.39, 0.29) is 12.5 Å². The van der Waals surface area contributed by atoms with Crippen molar-refractivity contribution in [2.75, 3.05) is 19.6 Å². The van der Waals surface area contributed by atoms with Gasteiger partial charge in [-0.25, -0.2) is 13.1 Å². The highest BCUT2D eigenvalue weighted by Crippen LogP contribution is 2.29. The predicted octanol–water partition coefficient (Wildman–Crippen LogP) is 2.66. The van der Waals surface area contributed by atoms with E-state index in [9.17, 15) is 26.4 Å². The molecule has 1 heterocycles. The van der Waals surface area contributed by atoms with Crippen molar-refractivity contribution in [3.63, 3.8) is 0 Å². The zero-order chi connectivity index (χ0) is 19.2. The fourth-order valence-electron chi connectivity index (χ4n) is 2.71. The Morgan fingerprint density at radius 3 is 2.62 bits per heavy atom. The van der Waals surface area contributed by atoms with Crippen LogP contribution in [0.2, 0.25) is 0 Å². The molecule has 0 saturated carbocycles. The Morgan fingerprint density at radius 1 is 1.15 bits per heavy atom. The molecule has 0 spiro atoms. The van der Waals surface area contributed by atoms with Crippen molar-refractivity contribution < 1.29 is 31.1 Å². The second-order valence-electron chi connectivity index (χ2n) is 5.94. The monoisotopic (exact) mass is 394 g/mol. The quantitative estimate of drug-likeness (QED) is 0.722. The van der Waals surface area contributed by atoms with Crippen molar-refractivity contribution in [1.29, 1.82) is 0 Å². The average molecular weight is 394 g/mol. The number of carbonyl (C=O) groups is 1. The van der Waals surface area contributed by atoms with Crippen molar-refractivity contribution in [1.82, 2.24) is 9.62 Å². The number of amides is 1. The number of ether oxygens (including phenoxy) is 1. The summed E-state index contributed by atoms with van der Waals surface area (Å²) in [6, 6.07) is 4.55. The Labute approximate surface area is 150 Å². The van der Waals surface area contributed by atoms with Crippen molar-refractivity contribution in [2.24, 2.45) is 0 Å². The predicted molar refractivity (Wildman–Crippen MR) is 88.0 cm³/mol. The van der Waals surface area contributed by atoms with Crippen LogP contribution in [0, 0.1) is 0 Å². The first-order chi connectivity index (χ1) is 12.2. The SMILES string of the molecule is O=C1CCCCCN1CCCNS(=O)(=O)c1ccccc1OC(F)(F)F. The molecular formula is C16H21F3N2O4S. The van der Waals surface area contributed by atoms with Crippen molar-refractivity contribution in [3.05, 3.63) is 24.3 Å². The number of sulfonamides is 1. The molecule has 2 rings (SSSR count). The van der Waals surface area contributed by atoms with Crippen LogP contribution in [0.4, 0.5) is 13.2 Å². The summed E-state index contributed by atoms with van der Waals surface area (Å²) in [7, 11) is -4.17. The van der Waals surface area contributed by atoms with Crippen LogP contribution in [0.3, 0.4) is 0 Å². The highest BCUT2D eigenvalue weighted by atomic mass is 32.2. The number of para-hydroxylation sites is 1. The molecule has 10 heteroatoms. The van der Waals surface area contributed by atoms with Gasteiger partial charge in [-0.05, 0) is 31.4 Å². The lowest BCUT2D eigenvalue weighted by Gasteiger charge is -2.20. The van der Waals surface area contributed by atoms with Crippen molar-refractivity contribution >= 4 is 15.9 Å². The third kappa shape index (κ3) is 6.17. The van der Waals surface area contributed by atoms with Gasteiger partial charge in [-0.3, -0.25) is 4.79 Å². The van der Waals surface area contributed by atoms with Gasteiger partial charge in [0.15, 0.2) is 0 Å². The van der Waals surface area contributed by atoms with Gasteiger partial charge in [-0.15, -0.1) is 13.2 Å². The minimum Gasteiger partial charge on any atom is -0.404 e. The Hall–Kier alpha value is -1.81. The number of hydrogen-bond acceptors (Lipinski definition) is 4. The number of alkyl halides is 3. The fourth-order valence-corrected chi connectivity index (χ4v) is 3.91. The zero-order valence-electron chi connectivity index (χ0n) is 14.1. The van der Waals surface area contributed by atoms with Crippen molar-refractivity contribution in [2.45, 2.75) is 43.4 Å². The average Bonchev–Trinajstić information content (AvgIpc) is 2.75. The normalized spacial score (nSPS) is 16.4. The van der Waals surface area contributed by atoms with Gasteiger partial charge in [0.2, 0.25) is 15.9 Å². The number of nitrogens with one attached hydrogen (secondary N) is 1. The number of rotatable bonds is 7. The van der Waals surface area contributed by atoms with Crippen LogP contribution >= 0.6 is 0 Å². The maximum Gasteiger partial charge on any atom is 0.573 e. The first-order valence-electron chi connectivity index (χ1n) is 8.31. The van der Waals surface area contributed by atoms with Crippen LogP contribution in [0.25, 0.3) is 0 Å². The smallest absolute Gasteiger partial charge is 0.404 e. The second kappa shape index (κ2) is 8.72. The van der Waals surface area contributed by atoms with Crippen LogP contribution in [0.5, 0.6) is 5.75 Å². The fraction of sp³-hybridized carbons (Fsp3) is 0.562. The van der Waals surface area contributed by atoms with Gasteiger partial charge in [0, 0.05) is 26.1 Å². The van der Waals surface area contributed by atoms with Crippen LogP contribution < -0.4 is 9.46 Å². The molecule has 146 valence electrons. The topological polar surface area (TPSA) is 75.7 Å². The van der Waals surface area contributed by atoms with E-state index in [0.717, 1.165) is 31.4 Å². The van der Waals surface area contributed by atoms with Gasteiger partial charge in [-0.1, -0.05) is 18.6 Å². The zero-order valence-corrected chi connectivity index (χ0v) is 14.9. The molecule has 1 aromatic carbocycles. The summed E-state index contributed by atoms with van der Waals surface area (Å²) in [4.78, 5) is 13.0. The van der Waals surface area contributed by atoms with Gasteiger partial charge >= 0.3 is 6.36 Å². The lowest BCUT2D eigenvalue weighted by molar-refractivity contribution is -0.275. The molecule has 0 aromatic heterocycles. The standard InChI is InChI=1S/C16H21F3N2O4S/c17-16(18,19)25-13-7-3-4-8-14(13)26(23,24)20-10-6-12-21-11-5-1-2-9-15(21)22/h3-4,7-8,20H,1-2,5-6,9-12H2. The minimum atomic E-state index is -4.99. The molecule has 0 atom stereocenters.